The van der Waals surface area contributed by atoms with Gasteiger partial charge in [0.2, 0.25) is 5.88 Å². The maximum atomic E-state index is 5.95. The van der Waals surface area contributed by atoms with Crippen molar-refractivity contribution >= 4 is 49.1 Å². The Morgan fingerprint density at radius 2 is 1.90 bits per heavy atom. The van der Waals surface area contributed by atoms with Gasteiger partial charge in [0.25, 0.3) is 0 Å². The summed E-state index contributed by atoms with van der Waals surface area (Å²) in [6.07, 6.45) is 0. The van der Waals surface area contributed by atoms with Crippen molar-refractivity contribution in [3.63, 3.8) is 0 Å². The number of aromatic nitrogens is 1. The average molecular weight is 414 g/mol. The van der Waals surface area contributed by atoms with Gasteiger partial charge in [0.15, 0.2) is 0 Å². The van der Waals surface area contributed by atoms with Crippen LogP contribution in [0.1, 0.15) is 5.56 Å². The van der Waals surface area contributed by atoms with E-state index in [9.17, 15) is 0 Å². The highest BCUT2D eigenvalue weighted by Gasteiger charge is 2.20. The fourth-order valence-corrected chi connectivity index (χ4v) is 4.79. The molecule has 102 valence electrons. The molecule has 0 amide bonds. The molecule has 3 nitrogen and oxygen atoms in total. The van der Waals surface area contributed by atoms with Crippen LogP contribution in [-0.4, -0.2) is 5.16 Å². The smallest absolute Gasteiger partial charge is 0.230 e. The van der Waals surface area contributed by atoms with Crippen LogP contribution in [-0.2, 0) is 0 Å². The van der Waals surface area contributed by atoms with E-state index in [2.05, 4.69) is 37.0 Å². The minimum atomic E-state index is 0.332. The maximum absolute atomic E-state index is 5.95. The third-order valence-electron chi connectivity index (χ3n) is 2.97. The summed E-state index contributed by atoms with van der Waals surface area (Å²) in [6, 6.07) is 10.1. The van der Waals surface area contributed by atoms with Crippen LogP contribution < -0.4 is 5.73 Å². The topological polar surface area (TPSA) is 52.0 Å². The minimum absolute atomic E-state index is 0.332. The van der Waals surface area contributed by atoms with Crippen LogP contribution in [0.4, 0.5) is 5.88 Å². The standard InChI is InChI=1S/C14H10Br2N2OS/c1-7-2-4-8(5-3-7)11-12(18-19-14(11)17)9-6-10(15)20-13(9)16/h2-6H,17H2,1H3. The van der Waals surface area contributed by atoms with Gasteiger partial charge in [0, 0.05) is 5.56 Å². The van der Waals surface area contributed by atoms with Crippen molar-refractivity contribution in [1.29, 1.82) is 0 Å². The van der Waals surface area contributed by atoms with E-state index in [0.717, 1.165) is 30.0 Å². The molecule has 2 aromatic heterocycles. The molecule has 0 aliphatic rings. The molecule has 0 saturated carbocycles. The highest BCUT2D eigenvalue weighted by Crippen LogP contribution is 2.43. The van der Waals surface area contributed by atoms with Crippen molar-refractivity contribution in [1.82, 2.24) is 5.16 Å². The van der Waals surface area contributed by atoms with Crippen LogP contribution in [0.15, 0.2) is 42.4 Å². The molecule has 0 spiro atoms. The van der Waals surface area contributed by atoms with Gasteiger partial charge in [0.05, 0.1) is 13.1 Å². The molecule has 0 unspecified atom stereocenters. The number of hydrogen-bond acceptors (Lipinski definition) is 4. The van der Waals surface area contributed by atoms with Crippen LogP contribution in [0, 0.1) is 6.92 Å². The van der Waals surface area contributed by atoms with Gasteiger partial charge < -0.3 is 10.3 Å². The average Bonchev–Trinajstić information content (AvgIpc) is 2.93. The number of rotatable bonds is 2. The van der Waals surface area contributed by atoms with Crippen molar-refractivity contribution in [2.75, 3.05) is 5.73 Å². The SMILES string of the molecule is Cc1ccc(-c2c(-c3cc(Br)sc3Br)noc2N)cc1. The summed E-state index contributed by atoms with van der Waals surface area (Å²) < 4.78 is 7.21. The Morgan fingerprint density at radius 1 is 1.20 bits per heavy atom. The molecule has 0 atom stereocenters. The Labute approximate surface area is 137 Å². The summed E-state index contributed by atoms with van der Waals surface area (Å²) in [5.41, 5.74) is 10.7. The van der Waals surface area contributed by atoms with E-state index in [1.807, 2.05) is 37.3 Å². The first-order valence-corrected chi connectivity index (χ1v) is 8.24. The van der Waals surface area contributed by atoms with Gasteiger partial charge in [-0.15, -0.1) is 11.3 Å². The van der Waals surface area contributed by atoms with Gasteiger partial charge >= 0.3 is 0 Å². The number of benzene rings is 1. The fraction of sp³-hybridized carbons (Fsp3) is 0.0714. The zero-order chi connectivity index (χ0) is 14.3. The Balaban J connectivity index is 2.19. The number of aryl methyl sites for hydroxylation is 1. The van der Waals surface area contributed by atoms with Gasteiger partial charge in [0.1, 0.15) is 5.69 Å². The van der Waals surface area contributed by atoms with E-state index in [1.165, 1.54) is 5.56 Å². The molecule has 0 aliphatic heterocycles. The van der Waals surface area contributed by atoms with E-state index in [0.29, 0.717) is 5.88 Å². The largest absolute Gasteiger partial charge is 0.367 e. The zero-order valence-corrected chi connectivity index (χ0v) is 14.5. The maximum Gasteiger partial charge on any atom is 0.230 e. The first-order chi connectivity index (χ1) is 9.56. The molecule has 6 heteroatoms. The lowest BCUT2D eigenvalue weighted by Crippen LogP contribution is -1.87. The summed E-state index contributed by atoms with van der Waals surface area (Å²) in [5.74, 6) is 0.332. The molecular formula is C14H10Br2N2OS. The number of halogens is 2. The number of nitrogens with zero attached hydrogens (tertiary/aromatic N) is 1. The molecule has 20 heavy (non-hydrogen) atoms. The molecule has 0 radical (unpaired) electrons. The first-order valence-electron chi connectivity index (χ1n) is 5.83. The van der Waals surface area contributed by atoms with E-state index in [4.69, 9.17) is 10.3 Å². The Bertz CT molecular complexity index is 762. The second-order valence-electron chi connectivity index (χ2n) is 4.37. The summed E-state index contributed by atoms with van der Waals surface area (Å²) in [6.45, 7) is 2.05. The van der Waals surface area contributed by atoms with Crippen LogP contribution in [0.5, 0.6) is 0 Å². The number of anilines is 1. The Kier molecular flexibility index (Phi) is 3.70. The van der Waals surface area contributed by atoms with E-state index < -0.39 is 0 Å². The van der Waals surface area contributed by atoms with Crippen LogP contribution >= 0.6 is 43.2 Å². The minimum Gasteiger partial charge on any atom is -0.367 e. The van der Waals surface area contributed by atoms with Crippen LogP contribution in [0.25, 0.3) is 22.4 Å². The molecule has 0 bridgehead atoms. The fourth-order valence-electron chi connectivity index (χ4n) is 1.99. The second-order valence-corrected chi connectivity index (χ2v) is 8.12. The van der Waals surface area contributed by atoms with Crippen molar-refractivity contribution in [2.45, 2.75) is 6.92 Å². The molecule has 3 aromatic rings. The number of nitrogen functional groups attached to an aromatic ring is 1. The Hall–Kier alpha value is -1.11. The Morgan fingerprint density at radius 3 is 2.50 bits per heavy atom. The highest BCUT2D eigenvalue weighted by molar-refractivity contribution is 9.12. The molecule has 0 saturated heterocycles. The molecular weight excluding hydrogens is 404 g/mol. The third-order valence-corrected chi connectivity index (χ3v) is 5.31. The third kappa shape index (κ3) is 2.43. The van der Waals surface area contributed by atoms with Gasteiger partial charge in [-0.3, -0.25) is 0 Å². The molecule has 2 heterocycles. The van der Waals surface area contributed by atoms with E-state index in [-0.39, 0.29) is 0 Å². The summed E-state index contributed by atoms with van der Waals surface area (Å²) in [7, 11) is 0. The number of hydrogen-bond donors (Lipinski definition) is 1. The summed E-state index contributed by atoms with van der Waals surface area (Å²) >= 11 is 8.61. The predicted octanol–water partition coefficient (Wildman–Crippen LogP) is 5.49. The van der Waals surface area contributed by atoms with Gasteiger partial charge in [-0.25, -0.2) is 0 Å². The molecule has 3 rings (SSSR count). The van der Waals surface area contributed by atoms with E-state index >= 15 is 0 Å². The lowest BCUT2D eigenvalue weighted by Gasteiger charge is -2.02. The van der Waals surface area contributed by atoms with Crippen molar-refractivity contribution in [2.24, 2.45) is 0 Å². The van der Waals surface area contributed by atoms with Crippen molar-refractivity contribution in [3.05, 3.63) is 43.5 Å². The number of nitrogens with two attached hydrogens (primary N) is 1. The van der Waals surface area contributed by atoms with E-state index in [1.54, 1.807) is 11.3 Å². The monoisotopic (exact) mass is 412 g/mol. The predicted molar refractivity (Wildman–Crippen MR) is 89.8 cm³/mol. The van der Waals surface area contributed by atoms with Gasteiger partial charge in [-0.1, -0.05) is 35.0 Å². The molecule has 2 N–H and O–H groups in total. The summed E-state index contributed by atoms with van der Waals surface area (Å²) in [4.78, 5) is 0. The lowest BCUT2D eigenvalue weighted by molar-refractivity contribution is 0.439. The van der Waals surface area contributed by atoms with Crippen molar-refractivity contribution < 1.29 is 4.52 Å². The summed E-state index contributed by atoms with van der Waals surface area (Å²) in [5, 5.41) is 4.11. The van der Waals surface area contributed by atoms with Crippen LogP contribution in [0.2, 0.25) is 0 Å². The van der Waals surface area contributed by atoms with Crippen LogP contribution in [0.3, 0.4) is 0 Å². The molecule has 0 aliphatic carbocycles. The number of thiophene rings is 1. The van der Waals surface area contributed by atoms with Crippen molar-refractivity contribution in [3.8, 4) is 22.4 Å². The zero-order valence-electron chi connectivity index (χ0n) is 10.5. The second kappa shape index (κ2) is 5.35. The lowest BCUT2D eigenvalue weighted by atomic mass is 10.0. The van der Waals surface area contributed by atoms with Gasteiger partial charge in [-0.2, -0.15) is 0 Å². The molecule has 0 fully saturated rings. The molecule has 1 aromatic carbocycles. The van der Waals surface area contributed by atoms with Gasteiger partial charge in [-0.05, 0) is 50.4 Å². The highest BCUT2D eigenvalue weighted by atomic mass is 79.9. The first kappa shape index (κ1) is 13.9. The quantitative estimate of drug-likeness (QED) is 0.604. The normalized spacial score (nSPS) is 10.9.